The lowest BCUT2D eigenvalue weighted by Gasteiger charge is -2.04. The van der Waals surface area contributed by atoms with E-state index >= 15 is 0 Å². The van der Waals surface area contributed by atoms with Crippen molar-refractivity contribution in [3.05, 3.63) is 58.2 Å². The number of benzene rings is 2. The average molecular weight is 381 g/mol. The molecule has 0 aliphatic heterocycles. The van der Waals surface area contributed by atoms with Gasteiger partial charge in [0.15, 0.2) is 5.75 Å². The SMILES string of the molecule is Cc1ccc(Oc2ncc3nc(-c4cc(C)c([O])c(C)c4)oc3n2)cc1Cl. The summed E-state index contributed by atoms with van der Waals surface area (Å²) in [6.07, 6.45) is 1.53. The van der Waals surface area contributed by atoms with Crippen LogP contribution in [0.5, 0.6) is 17.5 Å². The van der Waals surface area contributed by atoms with E-state index in [4.69, 9.17) is 20.8 Å². The molecule has 135 valence electrons. The normalized spacial score (nSPS) is 11.1. The maximum Gasteiger partial charge on any atom is 0.325 e. The number of nitrogens with zero attached hydrogens (tertiary/aromatic N) is 3. The van der Waals surface area contributed by atoms with E-state index in [1.54, 1.807) is 38.1 Å². The second kappa shape index (κ2) is 6.55. The first kappa shape index (κ1) is 17.3. The maximum atomic E-state index is 11.9. The molecule has 4 rings (SSSR count). The van der Waals surface area contributed by atoms with E-state index in [0.29, 0.717) is 39.0 Å². The van der Waals surface area contributed by atoms with Gasteiger partial charge < -0.3 is 9.15 Å². The van der Waals surface area contributed by atoms with Gasteiger partial charge in [0.1, 0.15) is 11.3 Å². The van der Waals surface area contributed by atoms with Crippen LogP contribution in [0.25, 0.3) is 22.7 Å². The second-order valence-corrected chi connectivity index (χ2v) is 6.72. The molecule has 27 heavy (non-hydrogen) atoms. The number of ether oxygens (including phenoxy) is 1. The van der Waals surface area contributed by atoms with E-state index in [-0.39, 0.29) is 11.8 Å². The van der Waals surface area contributed by atoms with Gasteiger partial charge in [-0.25, -0.2) is 9.97 Å². The lowest BCUT2D eigenvalue weighted by molar-refractivity contribution is 0.348. The Kier molecular flexibility index (Phi) is 4.20. The molecule has 0 aliphatic rings. The summed E-state index contributed by atoms with van der Waals surface area (Å²) in [5.41, 5.74) is 3.75. The standard InChI is InChI=1S/C20H15ClN3O3/c1-10-4-5-14(8-15(10)21)26-20-22-9-16-19(24-20)27-18(23-16)13-6-11(2)17(25)12(3)7-13/h4-9H,1-3H3. The smallest absolute Gasteiger partial charge is 0.325 e. The molecule has 0 saturated carbocycles. The zero-order chi connectivity index (χ0) is 19.1. The molecule has 2 heterocycles. The molecule has 0 spiro atoms. The van der Waals surface area contributed by atoms with E-state index in [0.717, 1.165) is 11.1 Å². The van der Waals surface area contributed by atoms with Gasteiger partial charge in [0.25, 0.3) is 5.71 Å². The first-order chi connectivity index (χ1) is 12.9. The summed E-state index contributed by atoms with van der Waals surface area (Å²) in [5.74, 6) is 0.921. The quantitative estimate of drug-likeness (QED) is 0.448. The highest BCUT2D eigenvalue weighted by Gasteiger charge is 2.14. The lowest BCUT2D eigenvalue weighted by Crippen LogP contribution is -1.91. The fourth-order valence-corrected chi connectivity index (χ4v) is 2.88. The van der Waals surface area contributed by atoms with Crippen LogP contribution in [-0.2, 0) is 5.11 Å². The van der Waals surface area contributed by atoms with Crippen molar-refractivity contribution < 1.29 is 14.3 Å². The van der Waals surface area contributed by atoms with Gasteiger partial charge in [0.2, 0.25) is 5.89 Å². The second-order valence-electron chi connectivity index (χ2n) is 6.31. The Morgan fingerprint density at radius 2 is 1.74 bits per heavy atom. The van der Waals surface area contributed by atoms with Crippen LogP contribution in [0.3, 0.4) is 0 Å². The molecule has 4 aromatic rings. The van der Waals surface area contributed by atoms with Crippen molar-refractivity contribution in [2.24, 2.45) is 0 Å². The Hall–Kier alpha value is -3.12. The largest absolute Gasteiger partial charge is 0.424 e. The van der Waals surface area contributed by atoms with Crippen molar-refractivity contribution in [2.45, 2.75) is 20.8 Å². The van der Waals surface area contributed by atoms with Crippen LogP contribution in [0.15, 0.2) is 40.9 Å². The summed E-state index contributed by atoms with van der Waals surface area (Å²) < 4.78 is 11.4. The fraction of sp³-hybridized carbons (Fsp3) is 0.150. The molecule has 6 nitrogen and oxygen atoms in total. The molecule has 2 aromatic carbocycles. The minimum atomic E-state index is 0.0158. The van der Waals surface area contributed by atoms with Gasteiger partial charge in [-0.3, -0.25) is 5.11 Å². The molecular weight excluding hydrogens is 366 g/mol. The van der Waals surface area contributed by atoms with Gasteiger partial charge in [-0.1, -0.05) is 17.7 Å². The van der Waals surface area contributed by atoms with Crippen LogP contribution in [0, 0.1) is 20.8 Å². The van der Waals surface area contributed by atoms with Crippen LogP contribution >= 0.6 is 11.6 Å². The predicted octanol–water partition coefficient (Wildman–Crippen LogP) is 5.80. The Morgan fingerprint density at radius 1 is 1.00 bits per heavy atom. The molecule has 0 bridgehead atoms. The van der Waals surface area contributed by atoms with E-state index in [1.165, 1.54) is 6.20 Å². The van der Waals surface area contributed by atoms with Gasteiger partial charge in [-0.2, -0.15) is 4.98 Å². The lowest BCUT2D eigenvalue weighted by atomic mass is 10.1. The molecule has 0 saturated heterocycles. The molecule has 7 heteroatoms. The predicted molar refractivity (Wildman–Crippen MR) is 101 cm³/mol. The van der Waals surface area contributed by atoms with Crippen LogP contribution in [0.2, 0.25) is 5.02 Å². The first-order valence-electron chi connectivity index (χ1n) is 8.27. The zero-order valence-electron chi connectivity index (χ0n) is 14.9. The molecule has 0 aliphatic carbocycles. The third-order valence-corrected chi connectivity index (χ3v) is 4.60. The Labute approximate surface area is 160 Å². The van der Waals surface area contributed by atoms with Crippen molar-refractivity contribution in [3.8, 4) is 29.0 Å². The summed E-state index contributed by atoms with van der Waals surface area (Å²) in [6, 6.07) is 8.97. The highest BCUT2D eigenvalue weighted by molar-refractivity contribution is 6.31. The first-order valence-corrected chi connectivity index (χ1v) is 8.65. The number of hydrogen-bond donors (Lipinski definition) is 0. The minimum Gasteiger partial charge on any atom is -0.424 e. The molecule has 0 amide bonds. The van der Waals surface area contributed by atoms with E-state index in [2.05, 4.69) is 15.0 Å². The van der Waals surface area contributed by atoms with Crippen molar-refractivity contribution in [1.82, 2.24) is 15.0 Å². The fourth-order valence-electron chi connectivity index (χ4n) is 2.71. The highest BCUT2D eigenvalue weighted by Crippen LogP contribution is 2.31. The topological polar surface area (TPSA) is 80.9 Å². The Bertz CT molecular complexity index is 1150. The van der Waals surface area contributed by atoms with Crippen LogP contribution in [-0.4, -0.2) is 15.0 Å². The van der Waals surface area contributed by atoms with Crippen LogP contribution in [0.4, 0.5) is 0 Å². The molecule has 2 aromatic heterocycles. The minimum absolute atomic E-state index is 0.0158. The molecule has 0 fully saturated rings. The number of oxazole rings is 1. The number of rotatable bonds is 3. The summed E-state index contributed by atoms with van der Waals surface area (Å²) in [5, 5.41) is 12.5. The highest BCUT2D eigenvalue weighted by atomic mass is 35.5. The number of halogens is 1. The zero-order valence-corrected chi connectivity index (χ0v) is 15.7. The number of hydrogen-bond acceptors (Lipinski definition) is 5. The van der Waals surface area contributed by atoms with E-state index < -0.39 is 0 Å². The molecular formula is C20H15ClN3O3. The van der Waals surface area contributed by atoms with Gasteiger partial charge in [0, 0.05) is 10.6 Å². The van der Waals surface area contributed by atoms with Crippen LogP contribution < -0.4 is 4.74 Å². The number of aromatic nitrogens is 3. The van der Waals surface area contributed by atoms with Gasteiger partial charge in [-0.05, 0) is 61.7 Å². The van der Waals surface area contributed by atoms with Crippen molar-refractivity contribution in [3.63, 3.8) is 0 Å². The van der Waals surface area contributed by atoms with Crippen molar-refractivity contribution in [1.29, 1.82) is 0 Å². The van der Waals surface area contributed by atoms with E-state index in [9.17, 15) is 5.11 Å². The van der Waals surface area contributed by atoms with E-state index in [1.807, 2.05) is 13.0 Å². The Balaban J connectivity index is 1.68. The molecule has 1 radical (unpaired) electrons. The summed E-state index contributed by atoms with van der Waals surface area (Å²) >= 11 is 6.11. The molecule has 0 atom stereocenters. The molecule has 0 unspecified atom stereocenters. The monoisotopic (exact) mass is 380 g/mol. The summed E-state index contributed by atoms with van der Waals surface area (Å²) in [6.45, 7) is 5.44. The maximum absolute atomic E-state index is 11.9. The summed E-state index contributed by atoms with van der Waals surface area (Å²) in [7, 11) is 0. The summed E-state index contributed by atoms with van der Waals surface area (Å²) in [4.78, 5) is 12.8. The van der Waals surface area contributed by atoms with Gasteiger partial charge >= 0.3 is 6.01 Å². The Morgan fingerprint density at radius 3 is 2.44 bits per heavy atom. The van der Waals surface area contributed by atoms with Gasteiger partial charge in [0.05, 0.1) is 6.20 Å². The molecule has 0 N–H and O–H groups in total. The van der Waals surface area contributed by atoms with Gasteiger partial charge in [-0.15, -0.1) is 0 Å². The third-order valence-electron chi connectivity index (χ3n) is 4.19. The number of fused-ring (bicyclic) bond motifs is 1. The van der Waals surface area contributed by atoms with Crippen LogP contribution in [0.1, 0.15) is 16.7 Å². The van der Waals surface area contributed by atoms with Crippen molar-refractivity contribution in [2.75, 3.05) is 0 Å². The average Bonchev–Trinajstić information content (AvgIpc) is 3.06. The van der Waals surface area contributed by atoms with Crippen molar-refractivity contribution >= 4 is 22.8 Å². The third kappa shape index (κ3) is 3.31. The number of aryl methyl sites for hydroxylation is 3.